The molecule has 3 aromatic rings. The van der Waals surface area contributed by atoms with Crippen molar-refractivity contribution in [1.82, 2.24) is 19.8 Å². The highest BCUT2D eigenvalue weighted by Crippen LogP contribution is 2.24. The smallest absolute Gasteiger partial charge is 0.328 e. The maximum absolute atomic E-state index is 13.3. The molecule has 1 aliphatic heterocycles. The number of hydrogen-bond donors (Lipinski definition) is 2. The summed E-state index contributed by atoms with van der Waals surface area (Å²) in [4.78, 5) is 29.7. The number of carbonyl (C=O) groups is 2. The van der Waals surface area contributed by atoms with Crippen molar-refractivity contribution in [2.24, 2.45) is 0 Å². The number of ether oxygens (including phenoxy) is 1. The predicted octanol–water partition coefficient (Wildman–Crippen LogP) is 4.48. The van der Waals surface area contributed by atoms with E-state index in [0.29, 0.717) is 41.5 Å². The number of benzene rings is 3. The summed E-state index contributed by atoms with van der Waals surface area (Å²) in [6.45, 7) is 7.17. The van der Waals surface area contributed by atoms with Gasteiger partial charge in [-0.2, -0.15) is 0 Å². The number of aryl methyl sites for hydroxylation is 1. The molecule has 12 heteroatoms. The summed E-state index contributed by atoms with van der Waals surface area (Å²) in [6.07, 6.45) is 0. The zero-order valence-corrected chi connectivity index (χ0v) is 25.2. The number of piperazine rings is 1. The maximum Gasteiger partial charge on any atom is 0.328 e. The number of amides is 3. The van der Waals surface area contributed by atoms with Crippen LogP contribution >= 0.6 is 11.6 Å². The summed E-state index contributed by atoms with van der Waals surface area (Å²) in [5, 5.41) is 2.90. The van der Waals surface area contributed by atoms with Crippen molar-refractivity contribution in [2.45, 2.75) is 50.8 Å². The van der Waals surface area contributed by atoms with Gasteiger partial charge >= 0.3 is 6.03 Å². The minimum atomic E-state index is -4.07. The molecule has 0 unspecified atom stereocenters. The Balaban J connectivity index is 1.33. The molecule has 42 heavy (non-hydrogen) atoms. The van der Waals surface area contributed by atoms with E-state index in [0.717, 1.165) is 5.56 Å². The monoisotopic (exact) mass is 616 g/mol. The Morgan fingerprint density at radius 3 is 2.45 bits per heavy atom. The van der Waals surface area contributed by atoms with Gasteiger partial charge in [0.25, 0.3) is 15.9 Å². The highest BCUT2D eigenvalue weighted by molar-refractivity contribution is 7.90. The van der Waals surface area contributed by atoms with Crippen LogP contribution in [0, 0.1) is 12.7 Å². The summed E-state index contributed by atoms with van der Waals surface area (Å²) < 4.78 is 46.4. The highest BCUT2D eigenvalue weighted by Gasteiger charge is 2.32. The number of nitrogens with one attached hydrogen (secondary N) is 2. The van der Waals surface area contributed by atoms with Crippen molar-refractivity contribution in [3.8, 4) is 5.75 Å². The van der Waals surface area contributed by atoms with Crippen LogP contribution in [-0.4, -0.2) is 61.9 Å². The third kappa shape index (κ3) is 7.99. The molecular weight excluding hydrogens is 583 g/mol. The van der Waals surface area contributed by atoms with E-state index in [4.69, 9.17) is 16.3 Å². The molecule has 224 valence electrons. The molecule has 1 saturated heterocycles. The van der Waals surface area contributed by atoms with Crippen molar-refractivity contribution in [1.29, 1.82) is 0 Å². The van der Waals surface area contributed by atoms with Crippen LogP contribution in [0.2, 0.25) is 5.02 Å². The first-order chi connectivity index (χ1) is 19.9. The average molecular weight is 617 g/mol. The van der Waals surface area contributed by atoms with E-state index < -0.39 is 16.1 Å². The van der Waals surface area contributed by atoms with Gasteiger partial charge in [0, 0.05) is 48.8 Å². The summed E-state index contributed by atoms with van der Waals surface area (Å²) >= 11 is 6.16. The summed E-state index contributed by atoms with van der Waals surface area (Å²) in [6, 6.07) is 16.6. The second-order valence-corrected chi connectivity index (χ2v) is 12.5. The normalized spacial score (nSPS) is 17.5. The van der Waals surface area contributed by atoms with E-state index in [1.807, 2.05) is 18.6 Å². The predicted molar refractivity (Wildman–Crippen MR) is 158 cm³/mol. The van der Waals surface area contributed by atoms with Gasteiger partial charge in [0.15, 0.2) is 6.61 Å². The van der Waals surface area contributed by atoms with E-state index in [-0.39, 0.29) is 41.9 Å². The Morgan fingerprint density at radius 1 is 1.02 bits per heavy atom. The SMILES string of the molecule is Cc1ccccc1S(=O)(=O)NC(=O)NCc1cc(Cl)ccc1OCC(=O)N1C[C@H](C)N(Cc2ccc(F)cc2)C[C@H]1C. The number of carbonyl (C=O) groups excluding carboxylic acids is 2. The molecule has 4 rings (SSSR count). The molecule has 0 bridgehead atoms. The highest BCUT2D eigenvalue weighted by atomic mass is 35.5. The lowest BCUT2D eigenvalue weighted by Gasteiger charge is -2.44. The maximum atomic E-state index is 13.3. The zero-order valence-electron chi connectivity index (χ0n) is 23.6. The van der Waals surface area contributed by atoms with Gasteiger partial charge in [-0.05, 0) is 68.3 Å². The first-order valence-electron chi connectivity index (χ1n) is 13.5. The lowest BCUT2D eigenvalue weighted by molar-refractivity contribution is -0.139. The van der Waals surface area contributed by atoms with Crippen LogP contribution in [0.1, 0.15) is 30.5 Å². The second-order valence-electron chi connectivity index (χ2n) is 10.4. The molecule has 3 aromatic carbocycles. The molecule has 3 amide bonds. The Morgan fingerprint density at radius 2 is 1.74 bits per heavy atom. The second kappa shape index (κ2) is 13.5. The summed E-state index contributed by atoms with van der Waals surface area (Å²) in [7, 11) is -4.07. The van der Waals surface area contributed by atoms with Crippen molar-refractivity contribution in [3.05, 3.63) is 94.3 Å². The van der Waals surface area contributed by atoms with Gasteiger partial charge in [0.1, 0.15) is 11.6 Å². The molecule has 1 aliphatic rings. The van der Waals surface area contributed by atoms with E-state index >= 15 is 0 Å². The Labute approximate surface area is 250 Å². The molecule has 2 atom stereocenters. The van der Waals surface area contributed by atoms with Crippen LogP contribution in [0.4, 0.5) is 9.18 Å². The van der Waals surface area contributed by atoms with E-state index in [2.05, 4.69) is 10.2 Å². The minimum Gasteiger partial charge on any atom is -0.483 e. The van der Waals surface area contributed by atoms with Crippen molar-refractivity contribution >= 4 is 33.6 Å². The van der Waals surface area contributed by atoms with Gasteiger partial charge in [-0.3, -0.25) is 9.69 Å². The Kier molecular flexibility index (Phi) is 10.1. The van der Waals surface area contributed by atoms with Gasteiger partial charge in [-0.25, -0.2) is 22.3 Å². The van der Waals surface area contributed by atoms with Crippen LogP contribution in [0.3, 0.4) is 0 Å². The molecule has 0 aliphatic carbocycles. The fourth-order valence-electron chi connectivity index (χ4n) is 4.89. The lowest BCUT2D eigenvalue weighted by atomic mass is 10.1. The Bertz CT molecular complexity index is 1540. The van der Waals surface area contributed by atoms with Crippen molar-refractivity contribution in [2.75, 3.05) is 19.7 Å². The third-order valence-electron chi connectivity index (χ3n) is 7.16. The molecule has 2 N–H and O–H groups in total. The zero-order chi connectivity index (χ0) is 30.4. The quantitative estimate of drug-likeness (QED) is 0.367. The molecular formula is C30H34ClFN4O5S. The van der Waals surface area contributed by atoms with Crippen LogP contribution in [0.25, 0.3) is 0 Å². The van der Waals surface area contributed by atoms with Crippen molar-refractivity contribution in [3.63, 3.8) is 0 Å². The van der Waals surface area contributed by atoms with Crippen LogP contribution in [0.15, 0.2) is 71.6 Å². The molecule has 1 fully saturated rings. The standard InChI is InChI=1S/C30H34ClFN4O5S/c1-20-6-4-5-7-28(20)42(39,40)34-30(38)33-15-24-14-25(31)10-13-27(24)41-19-29(37)36-17-21(2)35(16-22(36)3)18-23-8-11-26(32)12-9-23/h4-14,21-22H,15-19H2,1-3H3,(H2,33,34,38)/t21-,22+/m0/s1. The lowest BCUT2D eigenvalue weighted by Crippen LogP contribution is -2.58. The average Bonchev–Trinajstić information content (AvgIpc) is 2.94. The molecule has 0 saturated carbocycles. The molecule has 1 heterocycles. The van der Waals surface area contributed by atoms with Crippen LogP contribution in [-0.2, 0) is 27.9 Å². The number of sulfonamides is 1. The minimum absolute atomic E-state index is 0.00489. The van der Waals surface area contributed by atoms with Gasteiger partial charge in [0.2, 0.25) is 0 Å². The number of nitrogens with zero attached hydrogens (tertiary/aromatic N) is 2. The number of hydrogen-bond acceptors (Lipinski definition) is 6. The summed E-state index contributed by atoms with van der Waals surface area (Å²) in [5.74, 6) is -0.123. The third-order valence-corrected chi connectivity index (χ3v) is 8.88. The summed E-state index contributed by atoms with van der Waals surface area (Å²) in [5.41, 5.74) is 1.99. The van der Waals surface area contributed by atoms with E-state index in [1.54, 1.807) is 60.4 Å². The van der Waals surface area contributed by atoms with Crippen LogP contribution < -0.4 is 14.8 Å². The Hall–Kier alpha value is -3.67. The van der Waals surface area contributed by atoms with Gasteiger partial charge in [-0.15, -0.1) is 0 Å². The molecule has 0 spiro atoms. The first kappa shape index (κ1) is 31.3. The van der Waals surface area contributed by atoms with E-state index in [1.165, 1.54) is 18.2 Å². The fraction of sp³-hybridized carbons (Fsp3) is 0.333. The molecule has 0 aromatic heterocycles. The topological polar surface area (TPSA) is 108 Å². The molecule has 0 radical (unpaired) electrons. The van der Waals surface area contributed by atoms with Gasteiger partial charge < -0.3 is 15.0 Å². The largest absolute Gasteiger partial charge is 0.483 e. The number of rotatable bonds is 9. The number of urea groups is 1. The van der Waals surface area contributed by atoms with E-state index in [9.17, 15) is 22.4 Å². The van der Waals surface area contributed by atoms with Crippen LogP contribution in [0.5, 0.6) is 5.75 Å². The number of halogens is 2. The first-order valence-corrected chi connectivity index (χ1v) is 15.3. The van der Waals surface area contributed by atoms with Gasteiger partial charge in [0.05, 0.1) is 4.90 Å². The fourth-order valence-corrected chi connectivity index (χ4v) is 6.26. The molecule has 9 nitrogen and oxygen atoms in total. The van der Waals surface area contributed by atoms with Crippen molar-refractivity contribution < 1.29 is 27.1 Å². The van der Waals surface area contributed by atoms with Gasteiger partial charge in [-0.1, -0.05) is 41.9 Å².